The highest BCUT2D eigenvalue weighted by Gasteiger charge is 2.24. The highest BCUT2D eigenvalue weighted by molar-refractivity contribution is 5.93. The fraction of sp³-hybridized carbons (Fsp3) is 0.316. The number of amides is 1. The third-order valence-corrected chi connectivity index (χ3v) is 4.68. The van der Waals surface area contributed by atoms with Crippen LogP contribution < -0.4 is 0 Å². The van der Waals surface area contributed by atoms with Crippen molar-refractivity contribution in [2.75, 3.05) is 33.2 Å². The van der Waals surface area contributed by atoms with E-state index in [4.69, 9.17) is 0 Å². The summed E-state index contributed by atoms with van der Waals surface area (Å²) >= 11 is 0. The summed E-state index contributed by atoms with van der Waals surface area (Å²) in [4.78, 5) is 29.9. The van der Waals surface area contributed by atoms with Gasteiger partial charge in [0.25, 0.3) is 5.91 Å². The van der Waals surface area contributed by atoms with Gasteiger partial charge in [-0.05, 0) is 32.2 Å². The van der Waals surface area contributed by atoms with Gasteiger partial charge in [-0.15, -0.1) is 0 Å². The first-order valence-electron chi connectivity index (χ1n) is 8.89. The van der Waals surface area contributed by atoms with Crippen molar-refractivity contribution in [3.63, 3.8) is 0 Å². The second-order valence-electron chi connectivity index (χ2n) is 6.67. The van der Waals surface area contributed by atoms with Gasteiger partial charge in [0.15, 0.2) is 5.69 Å². The van der Waals surface area contributed by atoms with E-state index in [1.165, 1.54) is 0 Å². The molecule has 0 unspecified atom stereocenters. The molecule has 3 aromatic heterocycles. The predicted octanol–water partition coefficient (Wildman–Crippen LogP) is 1.42. The van der Waals surface area contributed by atoms with Gasteiger partial charge < -0.3 is 9.80 Å². The van der Waals surface area contributed by atoms with Crippen molar-refractivity contribution in [3.8, 4) is 17.1 Å². The maximum Gasteiger partial charge on any atom is 0.274 e. The van der Waals surface area contributed by atoms with E-state index >= 15 is 0 Å². The maximum atomic E-state index is 13.0. The van der Waals surface area contributed by atoms with Gasteiger partial charge in [0.05, 0.1) is 23.8 Å². The molecule has 1 amide bonds. The van der Waals surface area contributed by atoms with Crippen LogP contribution >= 0.6 is 0 Å². The van der Waals surface area contributed by atoms with Crippen LogP contribution in [0.2, 0.25) is 0 Å². The fourth-order valence-electron chi connectivity index (χ4n) is 3.05. The maximum absolute atomic E-state index is 13.0. The van der Waals surface area contributed by atoms with E-state index in [9.17, 15) is 4.79 Å². The van der Waals surface area contributed by atoms with Crippen molar-refractivity contribution in [3.05, 3.63) is 54.4 Å². The van der Waals surface area contributed by atoms with Crippen LogP contribution in [0.1, 0.15) is 16.2 Å². The van der Waals surface area contributed by atoms with Gasteiger partial charge in [0.1, 0.15) is 5.69 Å². The Morgan fingerprint density at radius 3 is 2.52 bits per heavy atom. The van der Waals surface area contributed by atoms with Gasteiger partial charge in [-0.3, -0.25) is 19.7 Å². The topological polar surface area (TPSA) is 80.0 Å². The number of hydrogen-bond acceptors (Lipinski definition) is 6. The average molecular weight is 363 g/mol. The minimum absolute atomic E-state index is 0.0629. The Labute approximate surface area is 157 Å². The molecule has 1 saturated heterocycles. The minimum atomic E-state index is -0.0629. The van der Waals surface area contributed by atoms with E-state index < -0.39 is 0 Å². The van der Waals surface area contributed by atoms with Gasteiger partial charge in [-0.1, -0.05) is 0 Å². The lowest BCUT2D eigenvalue weighted by molar-refractivity contribution is 0.0657. The molecule has 0 N–H and O–H groups in total. The molecule has 0 aliphatic carbocycles. The lowest BCUT2D eigenvalue weighted by atomic mass is 10.2. The van der Waals surface area contributed by atoms with E-state index in [1.807, 2.05) is 24.0 Å². The molecule has 0 spiro atoms. The summed E-state index contributed by atoms with van der Waals surface area (Å²) in [6.45, 7) is 5.07. The van der Waals surface area contributed by atoms with E-state index in [1.54, 1.807) is 35.5 Å². The highest BCUT2D eigenvalue weighted by Crippen LogP contribution is 2.22. The van der Waals surface area contributed by atoms with Crippen LogP contribution in [0.15, 0.2) is 43.0 Å². The lowest BCUT2D eigenvalue weighted by Gasteiger charge is -2.31. The van der Waals surface area contributed by atoms with E-state index in [2.05, 4.69) is 32.0 Å². The molecule has 8 heteroatoms. The molecular formula is C19H21N7O. The van der Waals surface area contributed by atoms with Crippen LogP contribution in [-0.4, -0.2) is 73.7 Å². The third kappa shape index (κ3) is 3.56. The van der Waals surface area contributed by atoms with Gasteiger partial charge in [-0.2, -0.15) is 5.10 Å². The van der Waals surface area contributed by atoms with Crippen LogP contribution in [0.25, 0.3) is 17.1 Å². The van der Waals surface area contributed by atoms with Crippen LogP contribution in [-0.2, 0) is 0 Å². The van der Waals surface area contributed by atoms with E-state index in [0.717, 1.165) is 24.5 Å². The monoisotopic (exact) mass is 363 g/mol. The molecule has 3 aromatic rings. The SMILES string of the molecule is Cc1ccc(-n2nc(C(=O)N3CCN(C)CC3)cc2-c2cnccn2)cn1. The summed E-state index contributed by atoms with van der Waals surface area (Å²) < 4.78 is 1.71. The number of aromatic nitrogens is 5. The molecule has 1 aliphatic rings. The average Bonchev–Trinajstić information content (AvgIpc) is 3.15. The van der Waals surface area contributed by atoms with Crippen molar-refractivity contribution in [1.29, 1.82) is 0 Å². The number of nitrogens with zero attached hydrogens (tertiary/aromatic N) is 7. The summed E-state index contributed by atoms with van der Waals surface area (Å²) in [5, 5.41) is 4.58. The molecular weight excluding hydrogens is 342 g/mol. The molecule has 27 heavy (non-hydrogen) atoms. The molecule has 0 atom stereocenters. The number of piperazine rings is 1. The summed E-state index contributed by atoms with van der Waals surface area (Å²) in [5.41, 5.74) is 3.47. The van der Waals surface area contributed by atoms with Gasteiger partial charge in [-0.25, -0.2) is 4.68 Å². The standard InChI is InChI=1S/C19H21N7O/c1-14-3-4-15(12-22-14)26-18(17-13-20-5-6-21-17)11-16(23-26)19(27)25-9-7-24(2)8-10-25/h3-6,11-13H,7-10H2,1-2H3. The quantitative estimate of drug-likeness (QED) is 0.700. The van der Waals surface area contributed by atoms with Crippen molar-refractivity contribution >= 4 is 5.91 Å². The number of rotatable bonds is 3. The third-order valence-electron chi connectivity index (χ3n) is 4.68. The van der Waals surface area contributed by atoms with Gasteiger partial charge >= 0.3 is 0 Å². The summed E-state index contributed by atoms with van der Waals surface area (Å²) in [6.07, 6.45) is 6.65. The molecule has 4 rings (SSSR count). The fourth-order valence-corrected chi connectivity index (χ4v) is 3.05. The Kier molecular flexibility index (Phi) is 4.64. The molecule has 0 saturated carbocycles. The number of pyridine rings is 1. The van der Waals surface area contributed by atoms with Crippen molar-refractivity contribution in [2.45, 2.75) is 6.92 Å². The van der Waals surface area contributed by atoms with E-state index in [0.29, 0.717) is 30.2 Å². The Balaban J connectivity index is 1.73. The molecule has 138 valence electrons. The second-order valence-corrected chi connectivity index (χ2v) is 6.67. The molecule has 0 bridgehead atoms. The van der Waals surface area contributed by atoms with Gasteiger partial charge in [0.2, 0.25) is 0 Å². The zero-order valence-electron chi connectivity index (χ0n) is 15.4. The number of carbonyl (C=O) groups excluding carboxylic acids is 1. The largest absolute Gasteiger partial charge is 0.335 e. The summed E-state index contributed by atoms with van der Waals surface area (Å²) in [7, 11) is 2.06. The van der Waals surface area contributed by atoms with Crippen LogP contribution in [0.3, 0.4) is 0 Å². The van der Waals surface area contributed by atoms with Crippen molar-refractivity contribution in [2.24, 2.45) is 0 Å². The molecule has 1 fully saturated rings. The molecule has 8 nitrogen and oxygen atoms in total. The van der Waals surface area contributed by atoms with Crippen LogP contribution in [0.4, 0.5) is 0 Å². The number of likely N-dealkylation sites (N-methyl/N-ethyl adjacent to an activating group) is 1. The Hall–Kier alpha value is -3.13. The second kappa shape index (κ2) is 7.24. The Morgan fingerprint density at radius 2 is 1.85 bits per heavy atom. The van der Waals surface area contributed by atoms with Gasteiger partial charge in [0, 0.05) is 44.3 Å². The van der Waals surface area contributed by atoms with Crippen molar-refractivity contribution in [1.82, 2.24) is 34.5 Å². The predicted molar refractivity (Wildman–Crippen MR) is 101 cm³/mol. The number of carbonyl (C=O) groups is 1. The lowest BCUT2D eigenvalue weighted by Crippen LogP contribution is -2.47. The van der Waals surface area contributed by atoms with E-state index in [-0.39, 0.29) is 5.91 Å². The summed E-state index contributed by atoms with van der Waals surface area (Å²) in [5.74, 6) is -0.0629. The smallest absolute Gasteiger partial charge is 0.274 e. The van der Waals surface area contributed by atoms with Crippen molar-refractivity contribution < 1.29 is 4.79 Å². The van der Waals surface area contributed by atoms with Crippen LogP contribution in [0, 0.1) is 6.92 Å². The normalized spacial score (nSPS) is 15.1. The number of aryl methyl sites for hydroxylation is 1. The molecule has 0 radical (unpaired) electrons. The Bertz CT molecular complexity index is 928. The zero-order chi connectivity index (χ0) is 18.8. The van der Waals surface area contributed by atoms with Crippen LogP contribution in [0.5, 0.6) is 0 Å². The first-order valence-corrected chi connectivity index (χ1v) is 8.89. The molecule has 4 heterocycles. The first kappa shape index (κ1) is 17.3. The minimum Gasteiger partial charge on any atom is -0.335 e. The summed E-state index contributed by atoms with van der Waals surface area (Å²) in [6, 6.07) is 5.63. The molecule has 1 aliphatic heterocycles. The zero-order valence-corrected chi connectivity index (χ0v) is 15.4. The number of hydrogen-bond donors (Lipinski definition) is 0. The first-order chi connectivity index (χ1) is 13.1. The Morgan fingerprint density at radius 1 is 1.04 bits per heavy atom. The highest BCUT2D eigenvalue weighted by atomic mass is 16.2. The molecule has 0 aromatic carbocycles.